The summed E-state index contributed by atoms with van der Waals surface area (Å²) in [7, 11) is 0. The molecule has 38 heavy (non-hydrogen) atoms. The number of amides is 2. The maximum Gasteiger partial charge on any atom is 0.319 e. The Morgan fingerprint density at radius 1 is 0.895 bits per heavy atom. The first-order chi connectivity index (χ1) is 18.6. The number of guanidine groups is 1. The van der Waals surface area contributed by atoms with E-state index in [9.17, 15) is 4.79 Å². The minimum atomic E-state index is -0.138. The lowest BCUT2D eigenvalue weighted by atomic mass is 9.89. The van der Waals surface area contributed by atoms with Gasteiger partial charge in [-0.1, -0.05) is 57.7 Å². The van der Waals surface area contributed by atoms with Crippen LogP contribution in [0.4, 0.5) is 10.5 Å². The standard InChI is InChI=1S/C16H32N4.C14H23N3O/c17-16(19-14-15-8-3-1-4-9-15)18-10-7-13-20-11-5-2-6-12-20;1-3-17(4-2)12-8-11-15-14(18)16-13-9-6-5-7-10-13/h15H,1-14H2,(H3,17,18,19);5-7,9-10H,3-4,8,11-12H2,1-2H3,(H2,15,16,18). The van der Waals surface area contributed by atoms with Crippen LogP contribution >= 0.6 is 0 Å². The SMILES string of the molecule is CCN(CC)CCCNC(=O)Nc1ccccc1.N=C(NCCCN1CCCCC1)NCC1CCCCC1. The Kier molecular flexibility index (Phi) is 17.3. The highest BCUT2D eigenvalue weighted by Gasteiger charge is 2.13. The summed E-state index contributed by atoms with van der Waals surface area (Å²) in [4.78, 5) is 16.5. The molecule has 1 aliphatic heterocycles. The van der Waals surface area contributed by atoms with Gasteiger partial charge in [-0.15, -0.1) is 0 Å². The fourth-order valence-corrected chi connectivity index (χ4v) is 5.14. The van der Waals surface area contributed by atoms with Gasteiger partial charge in [0.15, 0.2) is 5.96 Å². The number of benzene rings is 1. The number of nitrogens with zero attached hydrogens (tertiary/aromatic N) is 2. The van der Waals surface area contributed by atoms with Crippen LogP contribution < -0.4 is 21.3 Å². The fourth-order valence-electron chi connectivity index (χ4n) is 5.14. The second-order valence-electron chi connectivity index (χ2n) is 10.6. The zero-order valence-electron chi connectivity index (χ0n) is 24.2. The van der Waals surface area contributed by atoms with Crippen molar-refractivity contribution in [2.45, 2.75) is 78.1 Å². The van der Waals surface area contributed by atoms with E-state index in [1.807, 2.05) is 30.3 Å². The molecule has 1 saturated carbocycles. The van der Waals surface area contributed by atoms with E-state index in [2.05, 4.69) is 44.9 Å². The molecule has 2 fully saturated rings. The molecule has 1 heterocycles. The molecular formula is C30H55N7O. The predicted octanol–water partition coefficient (Wildman–Crippen LogP) is 5.10. The molecule has 1 aliphatic carbocycles. The number of urea groups is 1. The maximum absolute atomic E-state index is 11.6. The maximum atomic E-state index is 11.6. The number of carbonyl (C=O) groups is 1. The molecule has 1 aromatic rings. The number of hydrogen-bond acceptors (Lipinski definition) is 4. The number of likely N-dealkylation sites (tertiary alicyclic amines) is 1. The van der Waals surface area contributed by atoms with E-state index < -0.39 is 0 Å². The van der Waals surface area contributed by atoms with Crippen LogP contribution in [0.1, 0.15) is 78.1 Å². The highest BCUT2D eigenvalue weighted by Crippen LogP contribution is 2.22. The van der Waals surface area contributed by atoms with Crippen LogP contribution in [0.5, 0.6) is 0 Å². The van der Waals surface area contributed by atoms with Gasteiger partial charge in [-0.2, -0.15) is 0 Å². The minimum Gasteiger partial charge on any atom is -0.357 e. The molecule has 0 aromatic heterocycles. The quantitative estimate of drug-likeness (QED) is 0.139. The summed E-state index contributed by atoms with van der Waals surface area (Å²) in [5.74, 6) is 1.31. The molecule has 0 bridgehead atoms. The Labute approximate surface area is 232 Å². The summed E-state index contributed by atoms with van der Waals surface area (Å²) < 4.78 is 0. The number of anilines is 1. The van der Waals surface area contributed by atoms with Gasteiger partial charge in [0.1, 0.15) is 0 Å². The zero-order chi connectivity index (χ0) is 27.3. The Morgan fingerprint density at radius 3 is 2.24 bits per heavy atom. The zero-order valence-corrected chi connectivity index (χ0v) is 24.2. The van der Waals surface area contributed by atoms with Gasteiger partial charge in [0, 0.05) is 25.3 Å². The molecule has 0 radical (unpaired) electrons. The van der Waals surface area contributed by atoms with E-state index in [0.29, 0.717) is 12.5 Å². The van der Waals surface area contributed by atoms with Gasteiger partial charge in [-0.05, 0) is 95.8 Å². The third kappa shape index (κ3) is 15.2. The van der Waals surface area contributed by atoms with Crippen LogP contribution in [0.3, 0.4) is 0 Å². The van der Waals surface area contributed by atoms with Crippen molar-refractivity contribution in [2.75, 3.05) is 64.2 Å². The Hall–Kier alpha value is -2.32. The summed E-state index contributed by atoms with van der Waals surface area (Å²) in [5.41, 5.74) is 0.818. The van der Waals surface area contributed by atoms with Crippen molar-refractivity contribution in [3.05, 3.63) is 30.3 Å². The van der Waals surface area contributed by atoms with Crippen LogP contribution in [0.15, 0.2) is 30.3 Å². The molecule has 0 atom stereocenters. The minimum absolute atomic E-state index is 0.138. The number of nitrogens with one attached hydrogen (secondary N) is 5. The second-order valence-corrected chi connectivity index (χ2v) is 10.6. The summed E-state index contributed by atoms with van der Waals surface area (Å²) >= 11 is 0. The first-order valence-corrected chi connectivity index (χ1v) is 15.2. The Bertz CT molecular complexity index is 729. The van der Waals surface area contributed by atoms with Crippen LogP contribution in [-0.4, -0.2) is 80.7 Å². The average Bonchev–Trinajstić information content (AvgIpc) is 2.96. The molecule has 0 spiro atoms. The summed E-state index contributed by atoms with van der Waals surface area (Å²) in [6.07, 6.45) is 13.1. The normalized spacial score (nSPS) is 16.3. The number of hydrogen-bond donors (Lipinski definition) is 5. The lowest BCUT2D eigenvalue weighted by molar-refractivity contribution is 0.227. The second kappa shape index (κ2) is 20.6. The van der Waals surface area contributed by atoms with Crippen LogP contribution in [0.2, 0.25) is 0 Å². The van der Waals surface area contributed by atoms with E-state index in [4.69, 9.17) is 5.41 Å². The van der Waals surface area contributed by atoms with Crippen molar-refractivity contribution in [3.8, 4) is 0 Å². The monoisotopic (exact) mass is 529 g/mol. The molecule has 2 amide bonds. The van der Waals surface area contributed by atoms with E-state index in [1.165, 1.54) is 71.0 Å². The third-order valence-corrected chi connectivity index (χ3v) is 7.56. The predicted molar refractivity (Wildman–Crippen MR) is 161 cm³/mol. The molecule has 1 aromatic carbocycles. The number of piperidine rings is 1. The number of para-hydroxylation sites is 1. The van der Waals surface area contributed by atoms with Crippen molar-refractivity contribution in [1.29, 1.82) is 5.41 Å². The first-order valence-electron chi connectivity index (χ1n) is 15.2. The molecule has 2 aliphatic rings. The fraction of sp³-hybridized carbons (Fsp3) is 0.733. The van der Waals surface area contributed by atoms with Crippen molar-refractivity contribution >= 4 is 17.7 Å². The Morgan fingerprint density at radius 2 is 1.55 bits per heavy atom. The van der Waals surface area contributed by atoms with Gasteiger partial charge in [-0.25, -0.2) is 4.79 Å². The Balaban J connectivity index is 0.000000269. The van der Waals surface area contributed by atoms with Crippen molar-refractivity contribution in [1.82, 2.24) is 25.8 Å². The van der Waals surface area contributed by atoms with Gasteiger partial charge >= 0.3 is 6.03 Å². The number of rotatable bonds is 13. The molecular weight excluding hydrogens is 474 g/mol. The smallest absolute Gasteiger partial charge is 0.319 e. The van der Waals surface area contributed by atoms with Crippen LogP contribution in [-0.2, 0) is 0 Å². The first kappa shape index (κ1) is 31.9. The molecule has 3 rings (SSSR count). The van der Waals surface area contributed by atoms with E-state index in [0.717, 1.165) is 57.2 Å². The number of carbonyl (C=O) groups excluding carboxylic acids is 1. The molecule has 0 unspecified atom stereocenters. The highest BCUT2D eigenvalue weighted by atomic mass is 16.2. The van der Waals surface area contributed by atoms with Gasteiger partial charge in [-0.3, -0.25) is 5.41 Å². The van der Waals surface area contributed by atoms with E-state index in [-0.39, 0.29) is 6.03 Å². The largest absolute Gasteiger partial charge is 0.357 e. The van der Waals surface area contributed by atoms with Gasteiger partial charge < -0.3 is 31.1 Å². The molecule has 1 saturated heterocycles. The van der Waals surface area contributed by atoms with Crippen molar-refractivity contribution in [3.63, 3.8) is 0 Å². The van der Waals surface area contributed by atoms with Crippen molar-refractivity contribution in [2.24, 2.45) is 5.92 Å². The summed E-state index contributed by atoms with van der Waals surface area (Å²) in [6, 6.07) is 9.32. The van der Waals surface area contributed by atoms with Gasteiger partial charge in [0.25, 0.3) is 0 Å². The molecule has 216 valence electrons. The van der Waals surface area contributed by atoms with E-state index in [1.54, 1.807) is 0 Å². The molecule has 8 heteroatoms. The van der Waals surface area contributed by atoms with Crippen LogP contribution in [0, 0.1) is 11.3 Å². The lowest BCUT2D eigenvalue weighted by Gasteiger charge is -2.26. The van der Waals surface area contributed by atoms with Crippen LogP contribution in [0.25, 0.3) is 0 Å². The van der Waals surface area contributed by atoms with Gasteiger partial charge in [0.05, 0.1) is 0 Å². The highest BCUT2D eigenvalue weighted by molar-refractivity contribution is 5.89. The molecule has 5 N–H and O–H groups in total. The average molecular weight is 530 g/mol. The lowest BCUT2D eigenvalue weighted by Crippen LogP contribution is -2.40. The summed E-state index contributed by atoms with van der Waals surface area (Å²) in [5, 5.41) is 20.0. The molecule has 8 nitrogen and oxygen atoms in total. The van der Waals surface area contributed by atoms with Crippen molar-refractivity contribution < 1.29 is 4.79 Å². The topological polar surface area (TPSA) is 95.5 Å². The van der Waals surface area contributed by atoms with Gasteiger partial charge in [0.2, 0.25) is 0 Å². The summed E-state index contributed by atoms with van der Waals surface area (Å²) in [6.45, 7) is 13.8. The third-order valence-electron chi connectivity index (χ3n) is 7.56. The van der Waals surface area contributed by atoms with E-state index >= 15 is 0 Å².